The Labute approximate surface area is 132 Å². The van der Waals surface area contributed by atoms with Gasteiger partial charge in [-0.05, 0) is 49.2 Å². The summed E-state index contributed by atoms with van der Waals surface area (Å²) in [4.78, 5) is 12.4. The van der Waals surface area contributed by atoms with E-state index in [0.29, 0.717) is 23.6 Å². The number of nitrogens with two attached hydrogens (primary N) is 1. The van der Waals surface area contributed by atoms with Gasteiger partial charge in [0.1, 0.15) is 0 Å². The summed E-state index contributed by atoms with van der Waals surface area (Å²) in [5.74, 6) is 0.498. The van der Waals surface area contributed by atoms with Gasteiger partial charge in [0, 0.05) is 29.4 Å². The summed E-state index contributed by atoms with van der Waals surface area (Å²) in [6.45, 7) is 6.32. The first-order chi connectivity index (χ1) is 10.5. The van der Waals surface area contributed by atoms with E-state index in [4.69, 9.17) is 5.73 Å². The highest BCUT2D eigenvalue weighted by Crippen LogP contribution is 2.18. The second kappa shape index (κ2) is 7.12. The molecular formula is C19H24N2O. The molecule has 116 valence electrons. The fourth-order valence-electron chi connectivity index (χ4n) is 2.30. The highest BCUT2D eigenvalue weighted by atomic mass is 16.1. The molecule has 0 heterocycles. The number of aryl methyl sites for hydroxylation is 1. The Morgan fingerprint density at radius 2 is 1.64 bits per heavy atom. The van der Waals surface area contributed by atoms with Crippen LogP contribution in [-0.4, -0.2) is 11.8 Å². The number of nitrogen functional groups attached to an aromatic ring is 1. The molecule has 0 aliphatic carbocycles. The number of anilines is 2. The van der Waals surface area contributed by atoms with Crippen LogP contribution in [0, 0.1) is 12.8 Å². The fourth-order valence-corrected chi connectivity index (χ4v) is 2.30. The molecule has 0 aliphatic heterocycles. The van der Waals surface area contributed by atoms with Crippen molar-refractivity contribution in [2.45, 2.75) is 33.2 Å². The van der Waals surface area contributed by atoms with E-state index in [1.807, 2.05) is 0 Å². The molecular weight excluding hydrogens is 272 g/mol. The van der Waals surface area contributed by atoms with E-state index in [2.05, 4.69) is 50.4 Å². The van der Waals surface area contributed by atoms with Crippen LogP contribution in [0.1, 0.15) is 36.2 Å². The van der Waals surface area contributed by atoms with E-state index in [1.165, 1.54) is 5.56 Å². The highest BCUT2D eigenvalue weighted by molar-refractivity contribution is 5.96. The lowest BCUT2D eigenvalue weighted by molar-refractivity contribution is 0.0971. The Bertz CT molecular complexity index is 615. The normalized spacial score (nSPS) is 12.2. The molecule has 3 nitrogen and oxygen atoms in total. The van der Waals surface area contributed by atoms with Crippen LogP contribution in [-0.2, 0) is 0 Å². The average molecular weight is 296 g/mol. The van der Waals surface area contributed by atoms with Gasteiger partial charge < -0.3 is 11.1 Å². The third-order valence-corrected chi connectivity index (χ3v) is 3.85. The van der Waals surface area contributed by atoms with E-state index < -0.39 is 0 Å². The molecule has 0 saturated heterocycles. The summed E-state index contributed by atoms with van der Waals surface area (Å²) in [6, 6.07) is 15.5. The minimum atomic E-state index is 0.104. The molecule has 0 amide bonds. The molecule has 3 heteroatoms. The van der Waals surface area contributed by atoms with E-state index in [9.17, 15) is 4.79 Å². The van der Waals surface area contributed by atoms with Crippen LogP contribution >= 0.6 is 0 Å². The molecule has 0 saturated carbocycles. The Balaban J connectivity index is 2.06. The lowest BCUT2D eigenvalue weighted by atomic mass is 9.95. The van der Waals surface area contributed by atoms with E-state index in [1.54, 1.807) is 24.3 Å². The minimum absolute atomic E-state index is 0.104. The van der Waals surface area contributed by atoms with Crippen molar-refractivity contribution in [3.05, 3.63) is 59.7 Å². The van der Waals surface area contributed by atoms with Crippen LogP contribution in [0.4, 0.5) is 11.4 Å². The molecule has 3 N–H and O–H groups in total. The van der Waals surface area contributed by atoms with Crippen LogP contribution in [0.3, 0.4) is 0 Å². The monoisotopic (exact) mass is 296 g/mol. The zero-order valence-corrected chi connectivity index (χ0v) is 13.5. The summed E-state index contributed by atoms with van der Waals surface area (Å²) < 4.78 is 0. The van der Waals surface area contributed by atoms with Crippen molar-refractivity contribution in [1.82, 2.24) is 0 Å². The Morgan fingerprint density at radius 1 is 1.05 bits per heavy atom. The van der Waals surface area contributed by atoms with Gasteiger partial charge >= 0.3 is 0 Å². The maximum atomic E-state index is 12.4. The maximum Gasteiger partial charge on any atom is 0.164 e. The Hall–Kier alpha value is -2.29. The lowest BCUT2D eigenvalue weighted by Gasteiger charge is -2.23. The van der Waals surface area contributed by atoms with Gasteiger partial charge in [-0.2, -0.15) is 0 Å². The number of benzene rings is 2. The van der Waals surface area contributed by atoms with Crippen molar-refractivity contribution in [1.29, 1.82) is 0 Å². The van der Waals surface area contributed by atoms with Crippen LogP contribution < -0.4 is 11.1 Å². The third-order valence-electron chi connectivity index (χ3n) is 3.85. The van der Waals surface area contributed by atoms with Crippen LogP contribution in [0.15, 0.2) is 48.5 Å². The highest BCUT2D eigenvalue weighted by Gasteiger charge is 2.18. The molecule has 0 radical (unpaired) electrons. The van der Waals surface area contributed by atoms with Crippen molar-refractivity contribution in [3.63, 3.8) is 0 Å². The molecule has 0 aromatic heterocycles. The van der Waals surface area contributed by atoms with Gasteiger partial charge in [0.2, 0.25) is 0 Å². The number of Topliss-reactive ketones (excluding diaryl/α,β-unsaturated/α-hetero) is 1. The number of nitrogens with one attached hydrogen (secondary N) is 1. The first-order valence-electron chi connectivity index (χ1n) is 7.67. The van der Waals surface area contributed by atoms with Gasteiger partial charge in [0.25, 0.3) is 0 Å². The molecule has 2 rings (SSSR count). The molecule has 0 unspecified atom stereocenters. The summed E-state index contributed by atoms with van der Waals surface area (Å²) in [6.07, 6.45) is 0.468. The van der Waals surface area contributed by atoms with Crippen LogP contribution in [0.2, 0.25) is 0 Å². The summed E-state index contributed by atoms with van der Waals surface area (Å²) in [5.41, 5.74) is 9.33. The van der Waals surface area contributed by atoms with Crippen molar-refractivity contribution in [2.24, 2.45) is 5.92 Å². The van der Waals surface area contributed by atoms with E-state index in [-0.39, 0.29) is 11.8 Å². The van der Waals surface area contributed by atoms with Gasteiger partial charge in [0.15, 0.2) is 5.78 Å². The number of hydrogen-bond donors (Lipinski definition) is 2. The van der Waals surface area contributed by atoms with Gasteiger partial charge in [-0.15, -0.1) is 0 Å². The first kappa shape index (κ1) is 16.1. The summed E-state index contributed by atoms with van der Waals surface area (Å²) in [5, 5.41) is 3.47. The first-order valence-corrected chi connectivity index (χ1v) is 7.67. The largest absolute Gasteiger partial charge is 0.399 e. The van der Waals surface area contributed by atoms with Crippen molar-refractivity contribution < 1.29 is 4.79 Å². The Morgan fingerprint density at radius 3 is 2.18 bits per heavy atom. The molecule has 0 fully saturated rings. The smallest absolute Gasteiger partial charge is 0.164 e. The lowest BCUT2D eigenvalue weighted by Crippen LogP contribution is -2.28. The van der Waals surface area contributed by atoms with Crippen LogP contribution in [0.5, 0.6) is 0 Å². The van der Waals surface area contributed by atoms with E-state index in [0.717, 1.165) is 5.69 Å². The maximum absolute atomic E-state index is 12.4. The molecule has 0 aliphatic rings. The third kappa shape index (κ3) is 4.35. The van der Waals surface area contributed by atoms with Crippen LogP contribution in [0.25, 0.3) is 0 Å². The molecule has 1 atom stereocenters. The van der Waals surface area contributed by atoms with Gasteiger partial charge in [-0.1, -0.05) is 31.5 Å². The molecule has 22 heavy (non-hydrogen) atoms. The van der Waals surface area contributed by atoms with Crippen molar-refractivity contribution in [2.75, 3.05) is 11.1 Å². The second-order valence-corrected chi connectivity index (χ2v) is 6.11. The van der Waals surface area contributed by atoms with E-state index >= 15 is 0 Å². The molecule has 0 bridgehead atoms. The SMILES string of the molecule is Cc1ccc(N[C@@H](CC(=O)c2ccc(N)cc2)C(C)C)cc1. The Kier molecular flexibility index (Phi) is 5.21. The zero-order valence-electron chi connectivity index (χ0n) is 13.5. The summed E-state index contributed by atoms with van der Waals surface area (Å²) >= 11 is 0. The van der Waals surface area contributed by atoms with Gasteiger partial charge in [0.05, 0.1) is 0 Å². The van der Waals surface area contributed by atoms with Crippen molar-refractivity contribution in [3.8, 4) is 0 Å². The number of rotatable bonds is 6. The molecule has 0 spiro atoms. The summed E-state index contributed by atoms with van der Waals surface area (Å²) in [7, 11) is 0. The minimum Gasteiger partial charge on any atom is -0.399 e. The average Bonchev–Trinajstić information content (AvgIpc) is 2.49. The number of hydrogen-bond acceptors (Lipinski definition) is 3. The standard InChI is InChI=1S/C19H24N2O/c1-13(2)18(21-17-10-4-14(3)5-11-17)12-19(22)15-6-8-16(20)9-7-15/h4-11,13,18,21H,12,20H2,1-3H3/t18-/m0/s1. The predicted octanol–water partition coefficient (Wildman–Crippen LogP) is 4.29. The number of carbonyl (C=O) groups is 1. The number of ketones is 1. The molecule has 2 aromatic rings. The predicted molar refractivity (Wildman–Crippen MR) is 93.2 cm³/mol. The topological polar surface area (TPSA) is 55.1 Å². The molecule has 2 aromatic carbocycles. The quantitative estimate of drug-likeness (QED) is 0.617. The second-order valence-electron chi connectivity index (χ2n) is 6.11. The van der Waals surface area contributed by atoms with Gasteiger partial charge in [-0.25, -0.2) is 0 Å². The fraction of sp³-hybridized carbons (Fsp3) is 0.316. The zero-order chi connectivity index (χ0) is 16.1. The number of carbonyl (C=O) groups excluding carboxylic acids is 1. The van der Waals surface area contributed by atoms with Gasteiger partial charge in [-0.3, -0.25) is 4.79 Å². The van der Waals surface area contributed by atoms with Crippen molar-refractivity contribution >= 4 is 17.2 Å².